The van der Waals surface area contributed by atoms with Gasteiger partial charge in [-0.2, -0.15) is 13.2 Å². The molecular weight excluding hydrogens is 539 g/mol. The summed E-state index contributed by atoms with van der Waals surface area (Å²) in [6.45, 7) is 5.76. The number of thioether (sulfide) groups is 1. The van der Waals surface area contributed by atoms with Crippen LogP contribution in [0.15, 0.2) is 64.0 Å². The Kier molecular flexibility index (Phi) is 7.41. The van der Waals surface area contributed by atoms with E-state index in [0.29, 0.717) is 5.56 Å². The van der Waals surface area contributed by atoms with Crippen LogP contribution in [0.2, 0.25) is 5.02 Å². The van der Waals surface area contributed by atoms with Gasteiger partial charge in [0.25, 0.3) is 5.91 Å². The van der Waals surface area contributed by atoms with E-state index in [1.54, 1.807) is 6.07 Å². The maximum atomic E-state index is 13.1. The molecule has 0 saturated heterocycles. The molecule has 0 fully saturated rings. The first-order valence-electron chi connectivity index (χ1n) is 9.74. The number of carbonyl (C=O) groups excluding carboxylic acids is 1. The van der Waals surface area contributed by atoms with Gasteiger partial charge in [0.05, 0.1) is 16.3 Å². The fraction of sp³-hybridized carbons (Fsp3) is 0.208. The molecule has 3 aromatic rings. The van der Waals surface area contributed by atoms with Gasteiger partial charge in [0.15, 0.2) is 0 Å². The van der Waals surface area contributed by atoms with Crippen molar-refractivity contribution in [2.24, 2.45) is 0 Å². The number of halogens is 5. The minimum Gasteiger partial charge on any atom is -0.507 e. The standard InChI is InChI=1S/C24H20BrClF3NO2S/c1-23(2,3)18-11-14(13-4-6-15(25)7-5-13)10-17(21(18)31)22(32)30-20-9-8-16(12-19(20)26)33-24(27,28)29/h4-12,31H,1-3H3,(H,30,32). The molecule has 0 aromatic heterocycles. The molecule has 33 heavy (non-hydrogen) atoms. The number of rotatable bonds is 4. The first kappa shape index (κ1) is 25.5. The van der Waals surface area contributed by atoms with Gasteiger partial charge in [-0.3, -0.25) is 4.79 Å². The van der Waals surface area contributed by atoms with Crippen molar-refractivity contribution in [2.45, 2.75) is 36.6 Å². The van der Waals surface area contributed by atoms with Gasteiger partial charge in [-0.15, -0.1) is 0 Å². The second-order valence-electron chi connectivity index (χ2n) is 8.32. The lowest BCUT2D eigenvalue weighted by Crippen LogP contribution is -2.17. The zero-order valence-corrected chi connectivity index (χ0v) is 21.0. The Balaban J connectivity index is 2.00. The number of alkyl halides is 3. The van der Waals surface area contributed by atoms with Gasteiger partial charge >= 0.3 is 5.51 Å². The highest BCUT2D eigenvalue weighted by Crippen LogP contribution is 2.40. The summed E-state index contributed by atoms with van der Waals surface area (Å²) in [5.41, 5.74) is -2.57. The van der Waals surface area contributed by atoms with E-state index in [1.807, 2.05) is 51.1 Å². The summed E-state index contributed by atoms with van der Waals surface area (Å²) in [5, 5.41) is 13.5. The van der Waals surface area contributed by atoms with Gasteiger partial charge in [-0.05, 0) is 70.8 Å². The summed E-state index contributed by atoms with van der Waals surface area (Å²) in [5.74, 6) is -0.795. The molecule has 0 saturated carbocycles. The highest BCUT2D eigenvalue weighted by Gasteiger charge is 2.29. The van der Waals surface area contributed by atoms with E-state index in [-0.39, 0.29) is 38.7 Å². The van der Waals surface area contributed by atoms with E-state index < -0.39 is 16.8 Å². The van der Waals surface area contributed by atoms with Crippen molar-refractivity contribution in [1.29, 1.82) is 0 Å². The molecule has 2 N–H and O–H groups in total. The van der Waals surface area contributed by atoms with E-state index in [1.165, 1.54) is 12.1 Å². The molecule has 1 amide bonds. The molecule has 0 heterocycles. The molecule has 0 spiro atoms. The minimum atomic E-state index is -4.45. The molecule has 3 nitrogen and oxygen atoms in total. The highest BCUT2D eigenvalue weighted by molar-refractivity contribution is 9.10. The maximum Gasteiger partial charge on any atom is 0.446 e. The summed E-state index contributed by atoms with van der Waals surface area (Å²) in [6, 6.07) is 14.6. The first-order chi connectivity index (χ1) is 15.2. The first-order valence-corrected chi connectivity index (χ1v) is 11.7. The Labute approximate surface area is 207 Å². The van der Waals surface area contributed by atoms with Crippen molar-refractivity contribution in [3.8, 4) is 16.9 Å². The fourth-order valence-electron chi connectivity index (χ4n) is 3.17. The summed E-state index contributed by atoms with van der Waals surface area (Å²) < 4.78 is 38.7. The maximum absolute atomic E-state index is 13.1. The smallest absolute Gasteiger partial charge is 0.446 e. The van der Waals surface area contributed by atoms with Gasteiger partial charge < -0.3 is 10.4 Å². The Morgan fingerprint density at radius 2 is 1.64 bits per heavy atom. The average Bonchev–Trinajstić information content (AvgIpc) is 2.68. The van der Waals surface area contributed by atoms with Crippen molar-refractivity contribution in [3.05, 3.63) is 75.2 Å². The van der Waals surface area contributed by atoms with Crippen molar-refractivity contribution < 1.29 is 23.1 Å². The van der Waals surface area contributed by atoms with E-state index in [2.05, 4.69) is 21.2 Å². The lowest BCUT2D eigenvalue weighted by molar-refractivity contribution is -0.0328. The van der Waals surface area contributed by atoms with Crippen LogP contribution < -0.4 is 5.32 Å². The number of hydrogen-bond acceptors (Lipinski definition) is 3. The van der Waals surface area contributed by atoms with Crippen molar-refractivity contribution in [1.82, 2.24) is 0 Å². The molecule has 3 rings (SSSR count). The molecule has 174 valence electrons. The normalized spacial score (nSPS) is 12.0. The highest BCUT2D eigenvalue weighted by atomic mass is 79.9. The molecule has 0 unspecified atom stereocenters. The molecule has 0 aliphatic rings. The molecule has 3 aromatic carbocycles. The van der Waals surface area contributed by atoms with Crippen LogP contribution in [0.3, 0.4) is 0 Å². The van der Waals surface area contributed by atoms with Crippen LogP contribution >= 0.6 is 39.3 Å². The van der Waals surface area contributed by atoms with Crippen LogP contribution in [-0.2, 0) is 5.41 Å². The van der Waals surface area contributed by atoms with Gasteiger partial charge in [-0.1, -0.05) is 60.4 Å². The number of anilines is 1. The monoisotopic (exact) mass is 557 g/mol. The number of hydrogen-bond donors (Lipinski definition) is 2. The second kappa shape index (κ2) is 9.60. The van der Waals surface area contributed by atoms with Gasteiger partial charge in [0, 0.05) is 14.9 Å². The Morgan fingerprint density at radius 1 is 1.00 bits per heavy atom. The average molecular weight is 559 g/mol. The Hall–Kier alpha value is -2.16. The van der Waals surface area contributed by atoms with Crippen LogP contribution in [0, 0.1) is 0 Å². The minimum absolute atomic E-state index is 0.0325. The lowest BCUT2D eigenvalue weighted by atomic mass is 9.83. The molecule has 0 radical (unpaired) electrons. The van der Waals surface area contributed by atoms with Crippen molar-refractivity contribution in [3.63, 3.8) is 0 Å². The molecular formula is C24H20BrClF3NO2S. The third kappa shape index (κ3) is 6.46. The van der Waals surface area contributed by atoms with Gasteiger partial charge in [0.2, 0.25) is 0 Å². The molecule has 0 aliphatic carbocycles. The SMILES string of the molecule is CC(C)(C)c1cc(-c2ccc(Br)cc2)cc(C(=O)Nc2ccc(SC(F)(F)F)cc2Cl)c1O. The predicted octanol–water partition coefficient (Wildman–Crippen LogP) is 8.64. The van der Waals surface area contributed by atoms with E-state index in [9.17, 15) is 23.1 Å². The number of phenolic OH excluding ortho intramolecular Hbond substituents is 1. The zero-order chi connectivity index (χ0) is 24.6. The van der Waals surface area contributed by atoms with Gasteiger partial charge in [-0.25, -0.2) is 0 Å². The quantitative estimate of drug-likeness (QED) is 0.315. The van der Waals surface area contributed by atoms with E-state index >= 15 is 0 Å². The number of benzene rings is 3. The van der Waals surface area contributed by atoms with Crippen LogP contribution in [0.1, 0.15) is 36.7 Å². The molecule has 0 bridgehead atoms. The third-order valence-corrected chi connectivity index (χ3v) is 6.32. The molecule has 0 aliphatic heterocycles. The Bertz CT molecular complexity index is 1190. The lowest BCUT2D eigenvalue weighted by Gasteiger charge is -2.23. The van der Waals surface area contributed by atoms with E-state index in [0.717, 1.165) is 21.7 Å². The van der Waals surface area contributed by atoms with Gasteiger partial charge in [0.1, 0.15) is 5.75 Å². The number of nitrogens with one attached hydrogen (secondary N) is 1. The van der Waals surface area contributed by atoms with E-state index in [4.69, 9.17) is 11.6 Å². The fourth-order valence-corrected chi connectivity index (χ4v) is 4.31. The number of phenols is 1. The molecule has 9 heteroatoms. The van der Waals surface area contributed by atoms with Crippen molar-refractivity contribution >= 4 is 50.9 Å². The largest absolute Gasteiger partial charge is 0.507 e. The summed E-state index contributed by atoms with van der Waals surface area (Å²) >= 11 is 9.22. The summed E-state index contributed by atoms with van der Waals surface area (Å²) in [4.78, 5) is 13.0. The zero-order valence-electron chi connectivity index (χ0n) is 17.8. The summed E-state index contributed by atoms with van der Waals surface area (Å²) in [6.07, 6.45) is 0. The van der Waals surface area contributed by atoms with Crippen LogP contribution in [0.25, 0.3) is 11.1 Å². The number of carbonyl (C=O) groups is 1. The van der Waals surface area contributed by atoms with Crippen LogP contribution in [0.4, 0.5) is 18.9 Å². The van der Waals surface area contributed by atoms with Crippen LogP contribution in [0.5, 0.6) is 5.75 Å². The van der Waals surface area contributed by atoms with Crippen LogP contribution in [-0.4, -0.2) is 16.5 Å². The topological polar surface area (TPSA) is 49.3 Å². The number of amides is 1. The number of aromatic hydroxyl groups is 1. The molecule has 0 atom stereocenters. The Morgan fingerprint density at radius 3 is 2.18 bits per heavy atom. The summed E-state index contributed by atoms with van der Waals surface area (Å²) in [7, 11) is 0. The predicted molar refractivity (Wildman–Crippen MR) is 131 cm³/mol. The second-order valence-corrected chi connectivity index (χ2v) is 10.8. The van der Waals surface area contributed by atoms with Crippen molar-refractivity contribution in [2.75, 3.05) is 5.32 Å². The third-order valence-electron chi connectivity index (χ3n) is 4.76.